The number of Topliss-reactive ketones (excluding diaryl/α,β-unsaturated/α-hetero) is 1. The summed E-state index contributed by atoms with van der Waals surface area (Å²) in [7, 11) is 1.95. The third kappa shape index (κ3) is 3.80. The second-order valence-corrected chi connectivity index (χ2v) is 5.33. The maximum absolute atomic E-state index is 11.7. The van der Waals surface area contributed by atoms with Crippen molar-refractivity contribution in [3.05, 3.63) is 18.0 Å². The molecule has 0 N–H and O–H groups in total. The SMILES string of the molecule is Cn1nccc1CCCCC(=O)C(C)(C)C. The molecular formula is C13H22N2O. The molecule has 0 aromatic carbocycles. The average molecular weight is 222 g/mol. The van der Waals surface area contributed by atoms with Gasteiger partial charge < -0.3 is 0 Å². The second-order valence-electron chi connectivity index (χ2n) is 5.33. The predicted octanol–water partition coefficient (Wildman–Crippen LogP) is 2.75. The van der Waals surface area contributed by atoms with Gasteiger partial charge in [-0.3, -0.25) is 9.48 Å². The minimum atomic E-state index is -0.188. The molecule has 1 aromatic heterocycles. The average Bonchev–Trinajstić information content (AvgIpc) is 2.57. The van der Waals surface area contributed by atoms with Crippen molar-refractivity contribution < 1.29 is 4.79 Å². The van der Waals surface area contributed by atoms with Gasteiger partial charge in [0.15, 0.2) is 0 Å². The van der Waals surface area contributed by atoms with Crippen molar-refractivity contribution in [2.24, 2.45) is 12.5 Å². The lowest BCUT2D eigenvalue weighted by Gasteiger charge is -2.16. The molecule has 16 heavy (non-hydrogen) atoms. The lowest BCUT2D eigenvalue weighted by Crippen LogP contribution is -2.19. The number of hydrogen-bond acceptors (Lipinski definition) is 2. The van der Waals surface area contributed by atoms with E-state index in [-0.39, 0.29) is 5.41 Å². The Morgan fingerprint density at radius 3 is 2.56 bits per heavy atom. The summed E-state index contributed by atoms with van der Waals surface area (Å²) in [6, 6.07) is 2.03. The number of rotatable bonds is 5. The Kier molecular flexibility index (Phi) is 4.27. The molecule has 1 heterocycles. The molecule has 0 aliphatic carbocycles. The lowest BCUT2D eigenvalue weighted by molar-refractivity contribution is -0.126. The van der Waals surface area contributed by atoms with Crippen LogP contribution in [0.2, 0.25) is 0 Å². The lowest BCUT2D eigenvalue weighted by atomic mass is 9.88. The van der Waals surface area contributed by atoms with E-state index < -0.39 is 0 Å². The van der Waals surface area contributed by atoms with Gasteiger partial charge in [-0.25, -0.2) is 0 Å². The molecule has 0 fully saturated rings. The van der Waals surface area contributed by atoms with Crippen LogP contribution in [0, 0.1) is 5.41 Å². The van der Waals surface area contributed by atoms with Gasteiger partial charge in [0, 0.05) is 30.8 Å². The van der Waals surface area contributed by atoms with Crippen molar-refractivity contribution in [2.45, 2.75) is 46.5 Å². The van der Waals surface area contributed by atoms with E-state index >= 15 is 0 Å². The standard InChI is InChI=1S/C13H22N2O/c1-13(2,3)12(16)8-6-5-7-11-9-10-14-15(11)4/h9-10H,5-8H2,1-4H3. The summed E-state index contributed by atoms with van der Waals surface area (Å²) in [5.41, 5.74) is 1.05. The van der Waals surface area contributed by atoms with Gasteiger partial charge in [-0.1, -0.05) is 20.8 Å². The molecule has 90 valence electrons. The van der Waals surface area contributed by atoms with Crippen LogP contribution in [0.1, 0.15) is 45.7 Å². The fraction of sp³-hybridized carbons (Fsp3) is 0.692. The summed E-state index contributed by atoms with van der Waals surface area (Å²) in [5, 5.41) is 4.12. The molecule has 0 atom stereocenters. The zero-order valence-electron chi connectivity index (χ0n) is 10.8. The summed E-state index contributed by atoms with van der Waals surface area (Å²) in [6.07, 6.45) is 5.55. The van der Waals surface area contributed by atoms with Gasteiger partial charge in [0.25, 0.3) is 0 Å². The topological polar surface area (TPSA) is 34.9 Å². The van der Waals surface area contributed by atoms with E-state index in [0.717, 1.165) is 19.3 Å². The highest BCUT2D eigenvalue weighted by molar-refractivity contribution is 5.83. The first-order valence-corrected chi connectivity index (χ1v) is 5.91. The second kappa shape index (κ2) is 5.28. The summed E-state index contributed by atoms with van der Waals surface area (Å²) < 4.78 is 1.89. The van der Waals surface area contributed by atoms with Crippen LogP contribution in [0.5, 0.6) is 0 Å². The number of carbonyl (C=O) groups excluding carboxylic acids is 1. The number of nitrogens with zero attached hydrogens (tertiary/aromatic N) is 2. The molecule has 0 bridgehead atoms. The maximum atomic E-state index is 11.7. The van der Waals surface area contributed by atoms with Crippen molar-refractivity contribution >= 4 is 5.78 Å². The van der Waals surface area contributed by atoms with Crippen LogP contribution in [0.15, 0.2) is 12.3 Å². The number of aryl methyl sites for hydroxylation is 2. The van der Waals surface area contributed by atoms with Gasteiger partial charge in [-0.15, -0.1) is 0 Å². The van der Waals surface area contributed by atoms with Crippen LogP contribution in [-0.4, -0.2) is 15.6 Å². The van der Waals surface area contributed by atoms with Crippen LogP contribution in [-0.2, 0) is 18.3 Å². The van der Waals surface area contributed by atoms with Crippen LogP contribution in [0.4, 0.5) is 0 Å². The van der Waals surface area contributed by atoms with Crippen molar-refractivity contribution in [1.29, 1.82) is 0 Å². The Morgan fingerprint density at radius 2 is 2.06 bits per heavy atom. The van der Waals surface area contributed by atoms with Crippen molar-refractivity contribution in [1.82, 2.24) is 9.78 Å². The quantitative estimate of drug-likeness (QED) is 0.718. The Balaban J connectivity index is 2.23. The number of ketones is 1. The molecule has 0 radical (unpaired) electrons. The molecule has 0 amide bonds. The van der Waals surface area contributed by atoms with Gasteiger partial charge >= 0.3 is 0 Å². The van der Waals surface area contributed by atoms with Crippen molar-refractivity contribution in [3.63, 3.8) is 0 Å². The van der Waals surface area contributed by atoms with Gasteiger partial charge in [-0.05, 0) is 25.3 Å². The molecular weight excluding hydrogens is 200 g/mol. The molecule has 0 aliphatic heterocycles. The normalized spacial score (nSPS) is 11.8. The molecule has 3 heteroatoms. The number of aromatic nitrogens is 2. The van der Waals surface area contributed by atoms with E-state index in [0.29, 0.717) is 12.2 Å². The van der Waals surface area contributed by atoms with E-state index in [1.165, 1.54) is 5.69 Å². The Hall–Kier alpha value is -1.12. The molecule has 1 rings (SSSR count). The predicted molar refractivity (Wildman–Crippen MR) is 65.2 cm³/mol. The third-order valence-electron chi connectivity index (χ3n) is 2.85. The van der Waals surface area contributed by atoms with Crippen LogP contribution < -0.4 is 0 Å². The summed E-state index contributed by atoms with van der Waals surface area (Å²) in [5.74, 6) is 0.359. The third-order valence-corrected chi connectivity index (χ3v) is 2.85. The number of hydrogen-bond donors (Lipinski definition) is 0. The molecule has 0 saturated carbocycles. The Labute approximate surface area is 97.8 Å². The highest BCUT2D eigenvalue weighted by Gasteiger charge is 2.19. The van der Waals surface area contributed by atoms with Crippen LogP contribution in [0.25, 0.3) is 0 Å². The fourth-order valence-corrected chi connectivity index (χ4v) is 1.61. The zero-order chi connectivity index (χ0) is 12.2. The number of unbranched alkanes of at least 4 members (excludes halogenated alkanes) is 1. The molecule has 0 unspecified atom stereocenters. The van der Waals surface area contributed by atoms with Crippen molar-refractivity contribution in [2.75, 3.05) is 0 Å². The maximum Gasteiger partial charge on any atom is 0.138 e. The van der Waals surface area contributed by atoms with E-state index in [2.05, 4.69) is 5.10 Å². The van der Waals surface area contributed by atoms with Crippen LogP contribution >= 0.6 is 0 Å². The largest absolute Gasteiger partial charge is 0.299 e. The highest BCUT2D eigenvalue weighted by atomic mass is 16.1. The smallest absolute Gasteiger partial charge is 0.138 e. The van der Waals surface area contributed by atoms with E-state index in [1.54, 1.807) is 0 Å². The van der Waals surface area contributed by atoms with Gasteiger partial charge in [0.05, 0.1) is 0 Å². The summed E-state index contributed by atoms with van der Waals surface area (Å²) in [4.78, 5) is 11.7. The van der Waals surface area contributed by atoms with E-state index in [9.17, 15) is 4.79 Å². The molecule has 0 spiro atoms. The van der Waals surface area contributed by atoms with E-state index in [4.69, 9.17) is 0 Å². The molecule has 0 saturated heterocycles. The van der Waals surface area contributed by atoms with Crippen molar-refractivity contribution in [3.8, 4) is 0 Å². The molecule has 3 nitrogen and oxygen atoms in total. The van der Waals surface area contributed by atoms with Gasteiger partial charge in [0.2, 0.25) is 0 Å². The first-order chi connectivity index (χ1) is 7.41. The van der Waals surface area contributed by atoms with Crippen LogP contribution in [0.3, 0.4) is 0 Å². The Bertz CT molecular complexity index is 347. The monoisotopic (exact) mass is 222 g/mol. The first kappa shape index (κ1) is 12.9. The minimum Gasteiger partial charge on any atom is -0.299 e. The van der Waals surface area contributed by atoms with Gasteiger partial charge in [0.1, 0.15) is 5.78 Å². The Morgan fingerprint density at radius 1 is 1.38 bits per heavy atom. The first-order valence-electron chi connectivity index (χ1n) is 5.91. The number of carbonyl (C=O) groups is 1. The highest BCUT2D eigenvalue weighted by Crippen LogP contribution is 2.18. The zero-order valence-corrected chi connectivity index (χ0v) is 10.8. The van der Waals surface area contributed by atoms with E-state index in [1.807, 2.05) is 44.8 Å². The minimum absolute atomic E-state index is 0.188. The summed E-state index contributed by atoms with van der Waals surface area (Å²) >= 11 is 0. The van der Waals surface area contributed by atoms with Gasteiger partial charge in [-0.2, -0.15) is 5.10 Å². The molecule has 0 aliphatic rings. The fourth-order valence-electron chi connectivity index (χ4n) is 1.61. The molecule has 1 aromatic rings. The summed E-state index contributed by atoms with van der Waals surface area (Å²) in [6.45, 7) is 5.95.